The van der Waals surface area contributed by atoms with Gasteiger partial charge in [-0.1, -0.05) is 36.7 Å². The van der Waals surface area contributed by atoms with Crippen molar-refractivity contribution < 1.29 is 27.9 Å². The van der Waals surface area contributed by atoms with Crippen LogP contribution in [0.4, 0.5) is 18.9 Å². The molecule has 0 bridgehead atoms. The number of rotatable bonds is 5. The van der Waals surface area contributed by atoms with E-state index in [2.05, 4.69) is 5.32 Å². The molecule has 8 heteroatoms. The highest BCUT2D eigenvalue weighted by Crippen LogP contribution is 2.30. The first-order valence-corrected chi connectivity index (χ1v) is 7.95. The van der Waals surface area contributed by atoms with E-state index in [1.54, 1.807) is 6.92 Å². The zero-order valence-electron chi connectivity index (χ0n) is 13.6. The summed E-state index contributed by atoms with van der Waals surface area (Å²) in [4.78, 5) is 23.5. The first-order valence-electron chi connectivity index (χ1n) is 7.58. The average Bonchev–Trinajstić information content (AvgIpc) is 2.54. The minimum Gasteiger partial charge on any atom is -0.478 e. The summed E-state index contributed by atoms with van der Waals surface area (Å²) < 4.78 is 38.3. The predicted octanol–water partition coefficient (Wildman–Crippen LogP) is 4.87. The number of alkyl halides is 3. The largest absolute Gasteiger partial charge is 0.478 e. The Morgan fingerprint density at radius 2 is 1.88 bits per heavy atom. The highest BCUT2D eigenvalue weighted by molar-refractivity contribution is 6.31. The second-order valence-corrected chi connectivity index (χ2v) is 6.22. The van der Waals surface area contributed by atoms with E-state index in [0.717, 1.165) is 12.1 Å². The second kappa shape index (κ2) is 7.78. The van der Waals surface area contributed by atoms with Gasteiger partial charge in [-0.05, 0) is 36.2 Å². The number of anilines is 1. The van der Waals surface area contributed by atoms with Crippen LogP contribution in [0.25, 0.3) is 0 Å². The van der Waals surface area contributed by atoms with Crippen LogP contribution in [-0.2, 0) is 17.4 Å². The van der Waals surface area contributed by atoms with Gasteiger partial charge >= 0.3 is 12.1 Å². The predicted molar refractivity (Wildman–Crippen MR) is 91.4 cm³/mol. The molecule has 1 unspecified atom stereocenters. The number of carboxylic acid groups (broad SMARTS) is 1. The number of carboxylic acids is 1. The Kier molecular flexibility index (Phi) is 5.92. The Morgan fingerprint density at radius 1 is 1.19 bits per heavy atom. The van der Waals surface area contributed by atoms with Crippen LogP contribution in [0.3, 0.4) is 0 Å². The number of halogens is 4. The molecular weight excluding hydrogens is 371 g/mol. The molecule has 2 aromatic rings. The molecule has 0 saturated heterocycles. The molecule has 1 atom stereocenters. The summed E-state index contributed by atoms with van der Waals surface area (Å²) in [6.45, 7) is 1.54. The number of carbonyl (C=O) groups is 2. The topological polar surface area (TPSA) is 66.4 Å². The lowest BCUT2D eigenvalue weighted by Gasteiger charge is -2.15. The molecule has 4 nitrogen and oxygen atoms in total. The van der Waals surface area contributed by atoms with Crippen LogP contribution in [0.5, 0.6) is 0 Å². The van der Waals surface area contributed by atoms with Crippen molar-refractivity contribution in [3.05, 3.63) is 64.2 Å². The summed E-state index contributed by atoms with van der Waals surface area (Å²) >= 11 is 5.82. The van der Waals surface area contributed by atoms with Gasteiger partial charge in [0.25, 0.3) is 0 Å². The molecule has 0 aliphatic heterocycles. The Bertz CT molecular complexity index is 837. The number of aromatic carboxylic acids is 1. The third-order valence-corrected chi connectivity index (χ3v) is 3.95. The molecule has 0 saturated carbocycles. The maximum absolute atomic E-state index is 12.8. The summed E-state index contributed by atoms with van der Waals surface area (Å²) in [6.07, 6.45) is -4.39. The van der Waals surface area contributed by atoms with Gasteiger partial charge in [0, 0.05) is 10.9 Å². The zero-order valence-corrected chi connectivity index (χ0v) is 14.4. The standard InChI is InChI=1S/C18H15ClF3NO3/c1-10(7-11-3-2-4-12(8-11)18(20,21)22)16(24)23-15-9-13(19)5-6-14(15)17(25)26/h2-6,8-10H,7H2,1H3,(H,23,24)(H,25,26). The van der Waals surface area contributed by atoms with Gasteiger partial charge in [-0.25, -0.2) is 4.79 Å². The lowest BCUT2D eigenvalue weighted by atomic mass is 9.98. The van der Waals surface area contributed by atoms with Crippen LogP contribution in [-0.4, -0.2) is 17.0 Å². The molecule has 2 N–H and O–H groups in total. The summed E-state index contributed by atoms with van der Waals surface area (Å²) in [7, 11) is 0. The average molecular weight is 386 g/mol. The molecule has 2 aromatic carbocycles. The van der Waals surface area contributed by atoms with Crippen molar-refractivity contribution in [2.75, 3.05) is 5.32 Å². The van der Waals surface area contributed by atoms with E-state index in [1.165, 1.54) is 30.3 Å². The summed E-state index contributed by atoms with van der Waals surface area (Å²) in [6, 6.07) is 8.68. The Hall–Kier alpha value is -2.54. The van der Waals surface area contributed by atoms with E-state index >= 15 is 0 Å². The summed E-state index contributed by atoms with van der Waals surface area (Å²) in [5, 5.41) is 11.9. The van der Waals surface area contributed by atoms with Gasteiger partial charge in [-0.3, -0.25) is 4.79 Å². The molecule has 1 amide bonds. The second-order valence-electron chi connectivity index (χ2n) is 5.79. The van der Waals surface area contributed by atoms with Gasteiger partial charge in [0.2, 0.25) is 5.91 Å². The smallest absolute Gasteiger partial charge is 0.416 e. The number of amides is 1. The van der Waals surface area contributed by atoms with Crippen LogP contribution in [0.2, 0.25) is 5.02 Å². The quantitative estimate of drug-likeness (QED) is 0.771. The minimum atomic E-state index is -4.46. The molecule has 0 aliphatic carbocycles. The highest BCUT2D eigenvalue weighted by Gasteiger charge is 2.30. The summed E-state index contributed by atoms with van der Waals surface area (Å²) in [5.74, 6) is -2.44. The van der Waals surface area contributed by atoms with Gasteiger partial charge in [-0.2, -0.15) is 13.2 Å². The molecule has 0 heterocycles. The third kappa shape index (κ3) is 4.98. The molecule has 0 radical (unpaired) electrons. The lowest BCUT2D eigenvalue weighted by Crippen LogP contribution is -2.23. The third-order valence-electron chi connectivity index (χ3n) is 3.71. The van der Waals surface area contributed by atoms with Crippen molar-refractivity contribution in [1.29, 1.82) is 0 Å². The highest BCUT2D eigenvalue weighted by atomic mass is 35.5. The number of nitrogens with one attached hydrogen (secondary N) is 1. The van der Waals surface area contributed by atoms with Gasteiger partial charge < -0.3 is 10.4 Å². The first kappa shape index (κ1) is 19.8. The van der Waals surface area contributed by atoms with E-state index < -0.39 is 29.5 Å². The molecule has 138 valence electrons. The molecule has 0 aliphatic rings. The fourth-order valence-electron chi connectivity index (χ4n) is 2.38. The number of hydrogen-bond acceptors (Lipinski definition) is 2. The van der Waals surface area contributed by atoms with Crippen molar-refractivity contribution >= 4 is 29.2 Å². The zero-order chi connectivity index (χ0) is 19.5. The Balaban J connectivity index is 2.14. The van der Waals surface area contributed by atoms with Crippen LogP contribution in [0.15, 0.2) is 42.5 Å². The minimum absolute atomic E-state index is 0.0332. The van der Waals surface area contributed by atoms with E-state index in [9.17, 15) is 22.8 Å². The van der Waals surface area contributed by atoms with Gasteiger partial charge in [0.1, 0.15) is 0 Å². The lowest BCUT2D eigenvalue weighted by molar-refractivity contribution is -0.137. The summed E-state index contributed by atoms with van der Waals surface area (Å²) in [5.41, 5.74) is -0.530. The van der Waals surface area contributed by atoms with Crippen molar-refractivity contribution in [1.82, 2.24) is 0 Å². The number of carbonyl (C=O) groups excluding carboxylic acids is 1. The molecule has 26 heavy (non-hydrogen) atoms. The van der Waals surface area contributed by atoms with Crippen LogP contribution < -0.4 is 5.32 Å². The van der Waals surface area contributed by atoms with Crippen molar-refractivity contribution in [2.45, 2.75) is 19.5 Å². The Morgan fingerprint density at radius 3 is 2.50 bits per heavy atom. The monoisotopic (exact) mass is 385 g/mol. The van der Waals surface area contributed by atoms with E-state index in [0.29, 0.717) is 5.56 Å². The fraction of sp³-hybridized carbons (Fsp3) is 0.222. The fourth-order valence-corrected chi connectivity index (χ4v) is 2.56. The first-order chi connectivity index (χ1) is 12.1. The SMILES string of the molecule is CC(Cc1cccc(C(F)(F)F)c1)C(=O)Nc1cc(Cl)ccc1C(=O)O. The van der Waals surface area contributed by atoms with E-state index in [-0.39, 0.29) is 22.7 Å². The van der Waals surface area contributed by atoms with E-state index in [1.807, 2.05) is 0 Å². The van der Waals surface area contributed by atoms with Gasteiger partial charge in [0.05, 0.1) is 16.8 Å². The maximum atomic E-state index is 12.8. The van der Waals surface area contributed by atoms with Gasteiger partial charge in [0.15, 0.2) is 0 Å². The molecule has 0 fully saturated rings. The molecule has 2 rings (SSSR count). The van der Waals surface area contributed by atoms with Crippen molar-refractivity contribution in [2.24, 2.45) is 5.92 Å². The normalized spacial score (nSPS) is 12.5. The van der Waals surface area contributed by atoms with E-state index in [4.69, 9.17) is 16.7 Å². The number of benzene rings is 2. The number of hydrogen-bond donors (Lipinski definition) is 2. The van der Waals surface area contributed by atoms with Crippen molar-refractivity contribution in [3.8, 4) is 0 Å². The van der Waals surface area contributed by atoms with Crippen molar-refractivity contribution in [3.63, 3.8) is 0 Å². The van der Waals surface area contributed by atoms with Crippen LogP contribution in [0.1, 0.15) is 28.4 Å². The molecule has 0 spiro atoms. The molecular formula is C18H15ClF3NO3. The molecule has 0 aromatic heterocycles. The maximum Gasteiger partial charge on any atom is 0.416 e. The van der Waals surface area contributed by atoms with Gasteiger partial charge in [-0.15, -0.1) is 0 Å². The van der Waals surface area contributed by atoms with Crippen LogP contribution in [0, 0.1) is 5.92 Å². The Labute approximate surface area is 152 Å². The van der Waals surface area contributed by atoms with Crippen LogP contribution >= 0.6 is 11.6 Å².